The molecule has 0 aromatic heterocycles. The fourth-order valence-corrected chi connectivity index (χ4v) is 2.20. The molecule has 22 heavy (non-hydrogen) atoms. The predicted octanol–water partition coefficient (Wildman–Crippen LogP) is 1.40. The van der Waals surface area contributed by atoms with Crippen molar-refractivity contribution in [2.45, 2.75) is 19.9 Å². The van der Waals surface area contributed by atoms with Crippen LogP contribution in [0.1, 0.15) is 24.2 Å². The highest BCUT2D eigenvalue weighted by Crippen LogP contribution is 2.40. The molecule has 1 amide bonds. The quantitative estimate of drug-likeness (QED) is 0.885. The maximum atomic E-state index is 12.6. The van der Waals surface area contributed by atoms with Gasteiger partial charge in [0, 0.05) is 11.6 Å². The number of methoxy groups -OCH3 is 1. The summed E-state index contributed by atoms with van der Waals surface area (Å²) in [5.74, 6) is -0.188. The zero-order valence-electron chi connectivity index (χ0n) is 12.8. The van der Waals surface area contributed by atoms with E-state index in [2.05, 4.69) is 0 Å². The van der Waals surface area contributed by atoms with E-state index in [1.807, 2.05) is 0 Å². The first kappa shape index (κ1) is 15.9. The number of carbonyl (C=O) groups is 2. The average molecular weight is 309 g/mol. The molecular weight excluding hydrogens is 290 g/mol. The second kappa shape index (κ2) is 6.55. The zero-order valence-corrected chi connectivity index (χ0v) is 12.8. The Kier molecular flexibility index (Phi) is 4.75. The van der Waals surface area contributed by atoms with Crippen LogP contribution >= 0.6 is 0 Å². The first-order valence-corrected chi connectivity index (χ1v) is 6.94. The van der Waals surface area contributed by atoms with Gasteiger partial charge in [-0.3, -0.25) is 9.59 Å². The van der Waals surface area contributed by atoms with Crippen LogP contribution in [0.2, 0.25) is 0 Å². The van der Waals surface area contributed by atoms with Crippen molar-refractivity contribution in [3.63, 3.8) is 0 Å². The number of fused-ring (bicyclic) bond motifs is 1. The molecule has 1 N–H and O–H groups in total. The summed E-state index contributed by atoms with van der Waals surface area (Å²) in [4.78, 5) is 24.8. The van der Waals surface area contributed by atoms with E-state index in [1.54, 1.807) is 19.9 Å². The SMILES string of the molecule is COc1cc(C(=O)N(CC(=O)O)C(C)C)cc2c1OCCO2. The van der Waals surface area contributed by atoms with Crippen molar-refractivity contribution in [3.05, 3.63) is 17.7 Å². The smallest absolute Gasteiger partial charge is 0.323 e. The van der Waals surface area contributed by atoms with Crippen LogP contribution in [0.15, 0.2) is 12.1 Å². The summed E-state index contributed by atoms with van der Waals surface area (Å²) < 4.78 is 16.2. The topological polar surface area (TPSA) is 85.3 Å². The molecule has 0 spiro atoms. The highest BCUT2D eigenvalue weighted by Gasteiger charge is 2.25. The fraction of sp³-hybridized carbons (Fsp3) is 0.467. The van der Waals surface area contributed by atoms with Crippen LogP contribution in [-0.4, -0.2) is 54.8 Å². The molecule has 2 rings (SSSR count). The van der Waals surface area contributed by atoms with Crippen molar-refractivity contribution in [2.75, 3.05) is 26.9 Å². The highest BCUT2D eigenvalue weighted by atomic mass is 16.6. The molecule has 0 radical (unpaired) electrons. The molecule has 7 nitrogen and oxygen atoms in total. The van der Waals surface area contributed by atoms with E-state index < -0.39 is 11.9 Å². The molecular formula is C15H19NO6. The van der Waals surface area contributed by atoms with Crippen molar-refractivity contribution in [2.24, 2.45) is 0 Å². The molecule has 0 atom stereocenters. The number of carboxylic acid groups (broad SMARTS) is 1. The molecule has 0 saturated carbocycles. The van der Waals surface area contributed by atoms with Crippen LogP contribution in [-0.2, 0) is 4.79 Å². The minimum Gasteiger partial charge on any atom is -0.493 e. The van der Waals surface area contributed by atoms with E-state index in [0.29, 0.717) is 36.0 Å². The Morgan fingerprint density at radius 2 is 2.00 bits per heavy atom. The summed E-state index contributed by atoms with van der Waals surface area (Å²) in [6, 6.07) is 2.84. The molecule has 1 aliphatic rings. The average Bonchev–Trinajstić information content (AvgIpc) is 2.50. The van der Waals surface area contributed by atoms with Crippen LogP contribution in [0, 0.1) is 0 Å². The Morgan fingerprint density at radius 3 is 2.59 bits per heavy atom. The number of hydrogen-bond donors (Lipinski definition) is 1. The number of ether oxygens (including phenoxy) is 3. The first-order chi connectivity index (χ1) is 10.4. The molecule has 0 unspecified atom stereocenters. The number of aliphatic carboxylic acids is 1. The van der Waals surface area contributed by atoms with Gasteiger partial charge in [-0.1, -0.05) is 0 Å². The Hall–Kier alpha value is -2.44. The van der Waals surface area contributed by atoms with Gasteiger partial charge in [0.1, 0.15) is 19.8 Å². The predicted molar refractivity (Wildman–Crippen MR) is 77.8 cm³/mol. The lowest BCUT2D eigenvalue weighted by Crippen LogP contribution is -2.40. The second-order valence-corrected chi connectivity index (χ2v) is 5.12. The third kappa shape index (κ3) is 3.24. The molecule has 120 valence electrons. The van der Waals surface area contributed by atoms with Crippen LogP contribution in [0.3, 0.4) is 0 Å². The van der Waals surface area contributed by atoms with Crippen molar-refractivity contribution in [3.8, 4) is 17.2 Å². The van der Waals surface area contributed by atoms with Gasteiger partial charge in [0.2, 0.25) is 5.75 Å². The molecule has 0 saturated heterocycles. The normalized spacial score (nSPS) is 12.9. The lowest BCUT2D eigenvalue weighted by Gasteiger charge is -2.26. The number of amides is 1. The van der Waals surface area contributed by atoms with Gasteiger partial charge in [0.05, 0.1) is 7.11 Å². The number of rotatable bonds is 5. The van der Waals surface area contributed by atoms with Crippen LogP contribution < -0.4 is 14.2 Å². The third-order valence-electron chi connectivity index (χ3n) is 3.26. The summed E-state index contributed by atoms with van der Waals surface area (Å²) in [6.45, 7) is 3.95. The van der Waals surface area contributed by atoms with E-state index in [4.69, 9.17) is 19.3 Å². The molecule has 7 heteroatoms. The first-order valence-electron chi connectivity index (χ1n) is 6.94. The van der Waals surface area contributed by atoms with Gasteiger partial charge in [0.25, 0.3) is 5.91 Å². The molecule has 0 aliphatic carbocycles. The van der Waals surface area contributed by atoms with E-state index in [-0.39, 0.29) is 12.6 Å². The number of carboxylic acids is 1. The molecule has 1 aromatic rings. The van der Waals surface area contributed by atoms with Gasteiger partial charge in [-0.2, -0.15) is 0 Å². The lowest BCUT2D eigenvalue weighted by atomic mass is 10.1. The van der Waals surface area contributed by atoms with E-state index in [0.717, 1.165) is 0 Å². The maximum Gasteiger partial charge on any atom is 0.323 e. The summed E-state index contributed by atoms with van der Waals surface area (Å²) in [7, 11) is 1.47. The number of nitrogens with zero attached hydrogens (tertiary/aromatic N) is 1. The van der Waals surface area contributed by atoms with Gasteiger partial charge >= 0.3 is 5.97 Å². The van der Waals surface area contributed by atoms with Gasteiger partial charge < -0.3 is 24.2 Å². The molecule has 1 aromatic carbocycles. The van der Waals surface area contributed by atoms with Gasteiger partial charge in [0.15, 0.2) is 11.5 Å². The minimum atomic E-state index is -1.06. The van der Waals surface area contributed by atoms with Crippen molar-refractivity contribution in [1.29, 1.82) is 0 Å². The Labute approximate surface area is 128 Å². The van der Waals surface area contributed by atoms with Crippen molar-refractivity contribution in [1.82, 2.24) is 4.90 Å². The molecule has 0 fully saturated rings. The monoisotopic (exact) mass is 309 g/mol. The third-order valence-corrected chi connectivity index (χ3v) is 3.26. The van der Waals surface area contributed by atoms with Gasteiger partial charge in [-0.15, -0.1) is 0 Å². The maximum absolute atomic E-state index is 12.6. The summed E-state index contributed by atoms with van der Waals surface area (Å²) >= 11 is 0. The van der Waals surface area contributed by atoms with E-state index in [9.17, 15) is 9.59 Å². The Balaban J connectivity index is 2.38. The Morgan fingerprint density at radius 1 is 1.32 bits per heavy atom. The largest absolute Gasteiger partial charge is 0.493 e. The number of benzene rings is 1. The molecule has 1 heterocycles. The molecule has 0 bridgehead atoms. The zero-order chi connectivity index (χ0) is 16.3. The van der Waals surface area contributed by atoms with Gasteiger partial charge in [-0.25, -0.2) is 0 Å². The van der Waals surface area contributed by atoms with Crippen LogP contribution in [0.25, 0.3) is 0 Å². The summed E-state index contributed by atoms with van der Waals surface area (Å²) in [5, 5.41) is 8.96. The van der Waals surface area contributed by atoms with Crippen molar-refractivity contribution < 1.29 is 28.9 Å². The van der Waals surface area contributed by atoms with Gasteiger partial charge in [-0.05, 0) is 26.0 Å². The number of hydrogen-bond acceptors (Lipinski definition) is 5. The fourth-order valence-electron chi connectivity index (χ4n) is 2.20. The summed E-state index contributed by atoms with van der Waals surface area (Å²) in [6.07, 6.45) is 0. The standard InChI is InChI=1S/C15H19NO6/c1-9(2)16(8-13(17)18)15(19)10-6-11(20-3)14-12(7-10)21-4-5-22-14/h6-7,9H,4-5,8H2,1-3H3,(H,17,18). The number of carbonyl (C=O) groups excluding carboxylic acids is 1. The Bertz CT molecular complexity index is 566. The second-order valence-electron chi connectivity index (χ2n) is 5.12. The summed E-state index contributed by atoms with van der Waals surface area (Å²) in [5.41, 5.74) is 0.302. The highest BCUT2D eigenvalue weighted by molar-refractivity contribution is 5.97. The molecule has 1 aliphatic heterocycles. The van der Waals surface area contributed by atoms with Crippen LogP contribution in [0.5, 0.6) is 17.2 Å². The lowest BCUT2D eigenvalue weighted by molar-refractivity contribution is -0.138. The van der Waals surface area contributed by atoms with E-state index >= 15 is 0 Å². The minimum absolute atomic E-state index is 0.247. The van der Waals surface area contributed by atoms with Crippen molar-refractivity contribution >= 4 is 11.9 Å². The van der Waals surface area contributed by atoms with E-state index in [1.165, 1.54) is 18.1 Å². The van der Waals surface area contributed by atoms with Crippen LogP contribution in [0.4, 0.5) is 0 Å².